The van der Waals surface area contributed by atoms with Gasteiger partial charge in [0.2, 0.25) is 0 Å². The van der Waals surface area contributed by atoms with Crippen molar-refractivity contribution in [3.8, 4) is 5.75 Å². The highest BCUT2D eigenvalue weighted by Gasteiger charge is 2.23. The second-order valence-electron chi connectivity index (χ2n) is 12.4. The molecule has 4 rings (SSSR count). The van der Waals surface area contributed by atoms with E-state index in [0.29, 0.717) is 31.1 Å². The Kier molecular flexibility index (Phi) is 11.2. The largest absolute Gasteiger partial charge is 0.486 e. The number of hydrogen-bond donors (Lipinski definition) is 0. The molecular weight excluding hydrogens is 524 g/mol. The Morgan fingerprint density at radius 1 is 0.905 bits per heavy atom. The first-order valence-corrected chi connectivity index (χ1v) is 15.2. The van der Waals surface area contributed by atoms with E-state index in [9.17, 15) is 9.59 Å². The van der Waals surface area contributed by atoms with Gasteiger partial charge in [0.1, 0.15) is 17.5 Å². The minimum absolute atomic E-state index is 0.187. The summed E-state index contributed by atoms with van der Waals surface area (Å²) in [6.07, 6.45) is 3.82. The summed E-state index contributed by atoms with van der Waals surface area (Å²) in [7, 11) is 1.74. The Balaban J connectivity index is 1.26. The molecule has 0 N–H and O–H groups in total. The number of piperidine rings is 1. The van der Waals surface area contributed by atoms with Crippen LogP contribution in [0.2, 0.25) is 0 Å². The minimum atomic E-state index is -0.542. The van der Waals surface area contributed by atoms with Crippen LogP contribution in [-0.2, 0) is 11.3 Å². The first-order valence-electron chi connectivity index (χ1n) is 15.2. The maximum atomic E-state index is 13.0. The summed E-state index contributed by atoms with van der Waals surface area (Å²) in [4.78, 5) is 29.5. The monoisotopic (exact) mass is 570 g/mol. The smallest absolute Gasteiger partial charge is 0.410 e. The molecular formula is C36H46N2O4. The fraction of sp³-hybridized carbons (Fsp3) is 0.444. The van der Waals surface area contributed by atoms with Gasteiger partial charge in [0.25, 0.3) is 0 Å². The van der Waals surface area contributed by atoms with Gasteiger partial charge in [0.05, 0.1) is 0 Å². The number of carbonyl (C=O) groups excluding carboxylic acids is 2. The summed E-state index contributed by atoms with van der Waals surface area (Å²) in [6.45, 7) is 9.26. The van der Waals surface area contributed by atoms with Crippen LogP contribution in [0, 0.1) is 5.92 Å². The standard InChI is InChI=1S/C36H46N2O4/c1-36(2,3)42-35(40)37(4)24-23-34(31-13-9-6-10-14-31)41-32-18-16-30(17-19-32)33(39)20-15-28-21-25-38(26-22-28)27-29-11-7-5-8-12-29/h5-14,16-19,28,34H,15,20-27H2,1-4H3. The molecule has 0 aromatic heterocycles. The molecule has 0 aliphatic carbocycles. The maximum Gasteiger partial charge on any atom is 0.410 e. The molecule has 1 aliphatic rings. The van der Waals surface area contributed by atoms with Gasteiger partial charge in [-0.1, -0.05) is 60.7 Å². The van der Waals surface area contributed by atoms with Gasteiger partial charge in [0, 0.05) is 38.5 Å². The molecule has 1 amide bonds. The molecule has 0 spiro atoms. The van der Waals surface area contributed by atoms with E-state index in [1.54, 1.807) is 11.9 Å². The lowest BCUT2D eigenvalue weighted by Crippen LogP contribution is -2.35. The average molecular weight is 571 g/mol. The highest BCUT2D eigenvalue weighted by Crippen LogP contribution is 2.27. The van der Waals surface area contributed by atoms with Crippen LogP contribution in [0.5, 0.6) is 5.75 Å². The summed E-state index contributed by atoms with van der Waals surface area (Å²) in [5.41, 5.74) is 2.58. The van der Waals surface area contributed by atoms with E-state index in [4.69, 9.17) is 9.47 Å². The normalized spacial score (nSPS) is 15.1. The van der Waals surface area contributed by atoms with E-state index >= 15 is 0 Å². The molecule has 1 aliphatic heterocycles. The van der Waals surface area contributed by atoms with Gasteiger partial charge < -0.3 is 14.4 Å². The predicted molar refractivity (Wildman–Crippen MR) is 168 cm³/mol. The van der Waals surface area contributed by atoms with Crippen molar-refractivity contribution in [2.24, 2.45) is 5.92 Å². The lowest BCUT2D eigenvalue weighted by Gasteiger charge is -2.32. The number of hydrogen-bond acceptors (Lipinski definition) is 5. The highest BCUT2D eigenvalue weighted by atomic mass is 16.6. The molecule has 6 nitrogen and oxygen atoms in total. The molecule has 1 unspecified atom stereocenters. The summed E-state index contributed by atoms with van der Waals surface area (Å²) < 4.78 is 11.9. The van der Waals surface area contributed by atoms with Gasteiger partial charge in [-0.15, -0.1) is 0 Å². The van der Waals surface area contributed by atoms with Crippen molar-refractivity contribution >= 4 is 11.9 Å². The predicted octanol–water partition coefficient (Wildman–Crippen LogP) is 7.94. The van der Waals surface area contributed by atoms with E-state index in [-0.39, 0.29) is 18.0 Å². The fourth-order valence-corrected chi connectivity index (χ4v) is 5.34. The van der Waals surface area contributed by atoms with Crippen molar-refractivity contribution < 1.29 is 19.1 Å². The van der Waals surface area contributed by atoms with Gasteiger partial charge >= 0.3 is 6.09 Å². The van der Waals surface area contributed by atoms with Gasteiger partial charge in [0.15, 0.2) is 5.78 Å². The third kappa shape index (κ3) is 10.0. The van der Waals surface area contributed by atoms with E-state index in [1.165, 1.54) is 5.56 Å². The average Bonchev–Trinajstić information content (AvgIpc) is 2.99. The molecule has 1 fully saturated rings. The molecule has 0 radical (unpaired) electrons. The number of rotatable bonds is 12. The van der Waals surface area contributed by atoms with E-state index in [1.807, 2.05) is 75.4 Å². The molecule has 1 atom stereocenters. The number of carbonyl (C=O) groups is 2. The number of benzene rings is 3. The van der Waals surface area contributed by atoms with Gasteiger partial charge in [-0.2, -0.15) is 0 Å². The Morgan fingerprint density at radius 2 is 1.52 bits per heavy atom. The Hall–Kier alpha value is -3.64. The number of amides is 1. The molecule has 0 saturated carbocycles. The van der Waals surface area contributed by atoms with Crippen molar-refractivity contribution in [2.45, 2.75) is 71.1 Å². The van der Waals surface area contributed by atoms with Crippen molar-refractivity contribution in [2.75, 3.05) is 26.7 Å². The molecule has 1 heterocycles. The SMILES string of the molecule is CN(CCC(Oc1ccc(C(=O)CCC2CCN(Cc3ccccc3)CC2)cc1)c1ccccc1)C(=O)OC(C)(C)C. The van der Waals surface area contributed by atoms with Crippen molar-refractivity contribution in [1.82, 2.24) is 9.80 Å². The quantitative estimate of drug-likeness (QED) is 0.207. The lowest BCUT2D eigenvalue weighted by molar-refractivity contribution is 0.0278. The van der Waals surface area contributed by atoms with Crippen molar-refractivity contribution in [3.63, 3.8) is 0 Å². The number of Topliss-reactive ketones (excluding diaryl/α,β-unsaturated/α-hetero) is 1. The van der Waals surface area contributed by atoms with E-state index in [0.717, 1.165) is 50.0 Å². The third-order valence-electron chi connectivity index (χ3n) is 7.79. The first-order chi connectivity index (χ1) is 20.2. The van der Waals surface area contributed by atoms with Gasteiger partial charge in [-0.25, -0.2) is 4.79 Å². The molecule has 3 aromatic rings. The number of nitrogens with zero attached hydrogens (tertiary/aromatic N) is 2. The lowest BCUT2D eigenvalue weighted by atomic mass is 9.90. The molecule has 42 heavy (non-hydrogen) atoms. The maximum absolute atomic E-state index is 13.0. The number of likely N-dealkylation sites (tertiary alicyclic amines) is 1. The van der Waals surface area contributed by atoms with Gasteiger partial charge in [-0.05, 0) is 94.4 Å². The Morgan fingerprint density at radius 3 is 2.14 bits per heavy atom. The molecule has 1 saturated heterocycles. The zero-order valence-corrected chi connectivity index (χ0v) is 25.6. The minimum Gasteiger partial charge on any atom is -0.486 e. The summed E-state index contributed by atoms with van der Waals surface area (Å²) in [6, 6.07) is 28.1. The topological polar surface area (TPSA) is 59.1 Å². The molecule has 6 heteroatoms. The van der Waals surface area contributed by atoms with Crippen LogP contribution in [0.25, 0.3) is 0 Å². The second-order valence-corrected chi connectivity index (χ2v) is 12.4. The van der Waals surface area contributed by atoms with Crippen LogP contribution in [0.4, 0.5) is 4.79 Å². The van der Waals surface area contributed by atoms with Crippen LogP contribution >= 0.6 is 0 Å². The first kappa shape index (κ1) is 31.3. The molecule has 224 valence electrons. The summed E-state index contributed by atoms with van der Waals surface area (Å²) >= 11 is 0. The van der Waals surface area contributed by atoms with Crippen LogP contribution in [0.1, 0.15) is 80.5 Å². The molecule has 0 bridgehead atoms. The second kappa shape index (κ2) is 15.0. The van der Waals surface area contributed by atoms with Crippen molar-refractivity contribution in [3.05, 3.63) is 102 Å². The van der Waals surface area contributed by atoms with E-state index in [2.05, 4.69) is 35.2 Å². The van der Waals surface area contributed by atoms with Crippen LogP contribution < -0.4 is 4.74 Å². The van der Waals surface area contributed by atoms with E-state index < -0.39 is 5.60 Å². The zero-order chi connectivity index (χ0) is 30.0. The summed E-state index contributed by atoms with van der Waals surface area (Å²) in [5, 5.41) is 0. The Bertz CT molecular complexity index is 1250. The zero-order valence-electron chi connectivity index (χ0n) is 25.6. The fourth-order valence-electron chi connectivity index (χ4n) is 5.34. The number of ether oxygens (including phenoxy) is 2. The third-order valence-corrected chi connectivity index (χ3v) is 7.79. The van der Waals surface area contributed by atoms with Crippen LogP contribution in [0.3, 0.4) is 0 Å². The molecule has 3 aromatic carbocycles. The van der Waals surface area contributed by atoms with Crippen LogP contribution in [-0.4, -0.2) is 54.0 Å². The summed E-state index contributed by atoms with van der Waals surface area (Å²) in [5.74, 6) is 1.49. The van der Waals surface area contributed by atoms with Gasteiger partial charge in [-0.3, -0.25) is 9.69 Å². The van der Waals surface area contributed by atoms with Crippen molar-refractivity contribution in [1.29, 1.82) is 0 Å². The highest BCUT2D eigenvalue weighted by molar-refractivity contribution is 5.96. The number of ketones is 1. The van der Waals surface area contributed by atoms with Crippen LogP contribution in [0.15, 0.2) is 84.9 Å². The Labute approximate surface area is 251 Å².